The molecule has 41 heavy (non-hydrogen) atoms. The molecule has 2 aromatic rings. The highest BCUT2D eigenvalue weighted by Gasteiger charge is 2.35. The molecule has 0 unspecified atom stereocenters. The molecule has 0 radical (unpaired) electrons. The van der Waals surface area contributed by atoms with E-state index >= 15 is 0 Å². The van der Waals surface area contributed by atoms with Crippen LogP contribution in [0.4, 0.5) is 18.9 Å². The van der Waals surface area contributed by atoms with Crippen LogP contribution in [0.25, 0.3) is 0 Å². The van der Waals surface area contributed by atoms with Crippen molar-refractivity contribution in [2.45, 2.75) is 70.8 Å². The van der Waals surface area contributed by atoms with E-state index in [0.717, 1.165) is 49.8 Å². The standard InChI is InChI=1S/C31H40F3N3O4/c1-20-16-37(21(2)19-38)30(40)25-10-7-11-26(35-29(39)23-8-5-4-6-9-23)28(25)41-27(20)18-36(3)17-22-12-14-24(15-13-22)31(32,33)34/h7,10-15,20-21,23,27,38H,4-6,8-9,16-19H2,1-3H3,(H,35,39)/t20-,21+,27+/m1/s1. The maximum absolute atomic E-state index is 13.7. The van der Waals surface area contributed by atoms with Crippen LogP contribution in [-0.4, -0.2) is 65.6 Å². The van der Waals surface area contributed by atoms with E-state index in [1.165, 1.54) is 12.1 Å². The summed E-state index contributed by atoms with van der Waals surface area (Å²) < 4.78 is 45.5. The molecule has 4 rings (SSSR count). The lowest BCUT2D eigenvalue weighted by atomic mass is 9.88. The zero-order valence-electron chi connectivity index (χ0n) is 23.9. The van der Waals surface area contributed by atoms with Crippen LogP contribution in [0.5, 0.6) is 5.75 Å². The number of nitrogens with one attached hydrogen (secondary N) is 1. The molecule has 0 bridgehead atoms. The maximum Gasteiger partial charge on any atom is 0.416 e. The number of likely N-dealkylation sites (N-methyl/N-ethyl adjacent to an activating group) is 1. The number of nitrogens with zero attached hydrogens (tertiary/aromatic N) is 2. The molecule has 2 amide bonds. The predicted octanol–water partition coefficient (Wildman–Crippen LogP) is 5.58. The van der Waals surface area contributed by atoms with Crippen LogP contribution < -0.4 is 10.1 Å². The fourth-order valence-electron chi connectivity index (χ4n) is 5.64. The highest BCUT2D eigenvalue weighted by molar-refractivity contribution is 6.02. The van der Waals surface area contributed by atoms with Gasteiger partial charge in [-0.3, -0.25) is 14.5 Å². The first-order valence-corrected chi connectivity index (χ1v) is 14.3. The minimum absolute atomic E-state index is 0.0826. The zero-order chi connectivity index (χ0) is 29.7. The topological polar surface area (TPSA) is 82.1 Å². The molecular formula is C31H40F3N3O4. The number of alkyl halides is 3. The third-order valence-corrected chi connectivity index (χ3v) is 8.15. The highest BCUT2D eigenvalue weighted by Crippen LogP contribution is 2.36. The predicted molar refractivity (Wildman–Crippen MR) is 151 cm³/mol. The quantitative estimate of drug-likeness (QED) is 0.430. The Hall–Kier alpha value is -3.11. The number of hydrogen-bond donors (Lipinski definition) is 2. The second kappa shape index (κ2) is 13.2. The van der Waals surface area contributed by atoms with Gasteiger partial charge in [-0.1, -0.05) is 44.4 Å². The summed E-state index contributed by atoms with van der Waals surface area (Å²) in [5, 5.41) is 12.9. The Morgan fingerprint density at radius 2 is 1.83 bits per heavy atom. The van der Waals surface area contributed by atoms with Gasteiger partial charge in [0.25, 0.3) is 5.91 Å². The number of para-hydroxylation sites is 1. The van der Waals surface area contributed by atoms with Crippen LogP contribution in [0.2, 0.25) is 0 Å². The van der Waals surface area contributed by atoms with Crippen molar-refractivity contribution in [3.63, 3.8) is 0 Å². The number of carbonyl (C=O) groups is 2. The summed E-state index contributed by atoms with van der Waals surface area (Å²) in [7, 11) is 1.86. The Morgan fingerprint density at radius 3 is 2.46 bits per heavy atom. The molecule has 2 aromatic carbocycles. The summed E-state index contributed by atoms with van der Waals surface area (Å²) in [6, 6.07) is 9.80. The Morgan fingerprint density at radius 1 is 1.15 bits per heavy atom. The number of hydrogen-bond acceptors (Lipinski definition) is 5. The number of aliphatic hydroxyl groups is 1. The molecule has 1 saturated carbocycles. The number of ether oxygens (including phenoxy) is 1. The van der Waals surface area contributed by atoms with Crippen molar-refractivity contribution in [2.75, 3.05) is 32.1 Å². The summed E-state index contributed by atoms with van der Waals surface area (Å²) in [6.45, 7) is 4.71. The lowest BCUT2D eigenvalue weighted by Gasteiger charge is -2.38. The van der Waals surface area contributed by atoms with Crippen molar-refractivity contribution in [3.05, 3.63) is 59.2 Å². The molecule has 2 N–H and O–H groups in total. The Labute approximate surface area is 239 Å². The van der Waals surface area contributed by atoms with E-state index in [0.29, 0.717) is 36.6 Å². The number of carbonyl (C=O) groups excluding carboxylic acids is 2. The van der Waals surface area contributed by atoms with Gasteiger partial charge >= 0.3 is 6.18 Å². The fraction of sp³-hybridized carbons (Fsp3) is 0.548. The molecule has 1 aliphatic carbocycles. The molecule has 0 aromatic heterocycles. The number of halogens is 3. The summed E-state index contributed by atoms with van der Waals surface area (Å²) >= 11 is 0. The molecule has 10 heteroatoms. The molecule has 224 valence electrons. The van der Waals surface area contributed by atoms with Crippen LogP contribution >= 0.6 is 0 Å². The minimum Gasteiger partial charge on any atom is -0.486 e. The van der Waals surface area contributed by atoms with Crippen molar-refractivity contribution >= 4 is 17.5 Å². The van der Waals surface area contributed by atoms with E-state index < -0.39 is 23.9 Å². The number of fused-ring (bicyclic) bond motifs is 1. The SMILES string of the molecule is C[C@@H]1CN([C@@H](C)CO)C(=O)c2cccc(NC(=O)C3CCCCC3)c2O[C@H]1CN(C)Cc1ccc(C(F)(F)F)cc1. The van der Waals surface area contributed by atoms with Gasteiger partial charge in [0.1, 0.15) is 6.10 Å². The number of anilines is 1. The summed E-state index contributed by atoms with van der Waals surface area (Å²) in [5.74, 6) is -0.298. The van der Waals surface area contributed by atoms with E-state index in [1.807, 2.05) is 18.9 Å². The van der Waals surface area contributed by atoms with E-state index in [2.05, 4.69) is 5.32 Å². The van der Waals surface area contributed by atoms with Crippen LogP contribution in [0.1, 0.15) is 67.4 Å². The Bertz CT molecular complexity index is 1200. The number of amides is 2. The molecule has 3 atom stereocenters. The van der Waals surface area contributed by atoms with Gasteiger partial charge in [-0.05, 0) is 56.6 Å². The first-order chi connectivity index (χ1) is 19.5. The molecule has 0 spiro atoms. The fourth-order valence-corrected chi connectivity index (χ4v) is 5.64. The lowest BCUT2D eigenvalue weighted by molar-refractivity contribution is -0.137. The summed E-state index contributed by atoms with van der Waals surface area (Å²) in [5.41, 5.74) is 0.787. The first kappa shape index (κ1) is 30.8. The average molecular weight is 576 g/mol. The second-order valence-corrected chi connectivity index (χ2v) is 11.5. The lowest BCUT2D eigenvalue weighted by Crippen LogP contribution is -2.49. The molecule has 2 aliphatic rings. The average Bonchev–Trinajstić information content (AvgIpc) is 2.95. The summed E-state index contributed by atoms with van der Waals surface area (Å²) in [4.78, 5) is 30.4. The normalized spacial score (nSPS) is 21.1. The van der Waals surface area contributed by atoms with Gasteiger partial charge in [-0.25, -0.2) is 0 Å². The van der Waals surface area contributed by atoms with Crippen LogP contribution in [-0.2, 0) is 17.5 Å². The van der Waals surface area contributed by atoms with Gasteiger partial charge in [-0.2, -0.15) is 13.2 Å². The van der Waals surface area contributed by atoms with Gasteiger partial charge < -0.3 is 20.1 Å². The first-order valence-electron chi connectivity index (χ1n) is 14.3. The zero-order valence-corrected chi connectivity index (χ0v) is 23.9. The van der Waals surface area contributed by atoms with Crippen molar-refractivity contribution < 1.29 is 32.6 Å². The van der Waals surface area contributed by atoms with Gasteiger partial charge in [0.15, 0.2) is 5.75 Å². The van der Waals surface area contributed by atoms with E-state index in [9.17, 15) is 27.9 Å². The van der Waals surface area contributed by atoms with Crippen molar-refractivity contribution in [3.8, 4) is 5.75 Å². The number of benzene rings is 2. The molecule has 1 fully saturated rings. The van der Waals surface area contributed by atoms with Crippen molar-refractivity contribution in [1.82, 2.24) is 9.80 Å². The molecule has 7 nitrogen and oxygen atoms in total. The van der Waals surface area contributed by atoms with Crippen LogP contribution in [0.15, 0.2) is 42.5 Å². The van der Waals surface area contributed by atoms with Crippen LogP contribution in [0.3, 0.4) is 0 Å². The third kappa shape index (κ3) is 7.60. The van der Waals surface area contributed by atoms with Gasteiger partial charge in [0.05, 0.1) is 29.5 Å². The Kier molecular flexibility index (Phi) is 9.96. The third-order valence-electron chi connectivity index (χ3n) is 8.15. The smallest absolute Gasteiger partial charge is 0.416 e. The Balaban J connectivity index is 1.60. The van der Waals surface area contributed by atoms with Crippen molar-refractivity contribution in [1.29, 1.82) is 0 Å². The second-order valence-electron chi connectivity index (χ2n) is 11.5. The molecule has 1 aliphatic heterocycles. The van der Waals surface area contributed by atoms with E-state index in [-0.39, 0.29) is 30.3 Å². The largest absolute Gasteiger partial charge is 0.486 e. The minimum atomic E-state index is -4.39. The molecule has 0 saturated heterocycles. The van der Waals surface area contributed by atoms with E-state index in [1.54, 1.807) is 30.0 Å². The maximum atomic E-state index is 13.7. The number of aliphatic hydroxyl groups excluding tert-OH is 1. The van der Waals surface area contributed by atoms with Crippen molar-refractivity contribution in [2.24, 2.45) is 11.8 Å². The van der Waals surface area contributed by atoms with Gasteiger partial charge in [0.2, 0.25) is 5.91 Å². The highest BCUT2D eigenvalue weighted by atomic mass is 19.4. The van der Waals surface area contributed by atoms with E-state index in [4.69, 9.17) is 4.74 Å². The number of rotatable bonds is 8. The van der Waals surface area contributed by atoms with Gasteiger partial charge in [-0.15, -0.1) is 0 Å². The van der Waals surface area contributed by atoms with Crippen LogP contribution in [0, 0.1) is 11.8 Å². The molecular weight excluding hydrogens is 535 g/mol. The summed E-state index contributed by atoms with van der Waals surface area (Å²) in [6.07, 6.45) is 0.00719. The molecule has 1 heterocycles. The monoisotopic (exact) mass is 575 g/mol. The van der Waals surface area contributed by atoms with Gasteiger partial charge in [0, 0.05) is 31.5 Å².